The molecule has 0 heterocycles. The number of thioether (sulfide) groups is 1. The van der Waals surface area contributed by atoms with Crippen molar-refractivity contribution in [1.29, 1.82) is 0 Å². The van der Waals surface area contributed by atoms with Crippen molar-refractivity contribution in [2.45, 2.75) is 24.7 Å². The lowest BCUT2D eigenvalue weighted by atomic mass is 10.3. The van der Waals surface area contributed by atoms with Crippen LogP contribution >= 0.6 is 46.6 Å². The maximum absolute atomic E-state index is 9.48. The Kier molecular flexibility index (Phi) is 6.57. The van der Waals surface area contributed by atoms with Gasteiger partial charge in [-0.3, -0.25) is 0 Å². The first kappa shape index (κ1) is 15.0. The van der Waals surface area contributed by atoms with E-state index in [2.05, 4.69) is 19.1 Å². The van der Waals surface area contributed by atoms with Crippen LogP contribution < -0.4 is 0 Å². The van der Waals surface area contributed by atoms with Gasteiger partial charge in [0.15, 0.2) is 5.75 Å². The number of allylic oxidation sites excluding steroid dienone is 2. The predicted octanol–water partition coefficient (Wildman–Crippen LogP) is 5.80. The van der Waals surface area contributed by atoms with E-state index in [9.17, 15) is 5.11 Å². The highest BCUT2D eigenvalue weighted by Crippen LogP contribution is 2.43. The normalized spacial score (nSPS) is 11.3. The molecule has 94 valence electrons. The van der Waals surface area contributed by atoms with Crippen molar-refractivity contribution >= 4 is 46.6 Å². The van der Waals surface area contributed by atoms with Crippen LogP contribution in [-0.4, -0.2) is 10.9 Å². The van der Waals surface area contributed by atoms with Crippen LogP contribution in [0.3, 0.4) is 0 Å². The fourth-order valence-corrected chi connectivity index (χ4v) is 2.98. The van der Waals surface area contributed by atoms with Gasteiger partial charge in [0.2, 0.25) is 0 Å². The number of hydrogen-bond acceptors (Lipinski definition) is 2. The van der Waals surface area contributed by atoms with Gasteiger partial charge in [-0.15, -0.1) is 11.8 Å². The van der Waals surface area contributed by atoms with Gasteiger partial charge in [-0.1, -0.05) is 53.9 Å². The zero-order valence-electron chi connectivity index (χ0n) is 9.34. The summed E-state index contributed by atoms with van der Waals surface area (Å²) in [5, 5.41) is 10.2. The highest BCUT2D eigenvalue weighted by Gasteiger charge is 2.13. The minimum Gasteiger partial charge on any atom is -0.505 e. The maximum Gasteiger partial charge on any atom is 0.154 e. The molecule has 1 aromatic rings. The highest BCUT2D eigenvalue weighted by atomic mass is 35.5. The van der Waals surface area contributed by atoms with Crippen molar-refractivity contribution < 1.29 is 5.11 Å². The van der Waals surface area contributed by atoms with Crippen LogP contribution in [0.4, 0.5) is 0 Å². The summed E-state index contributed by atoms with van der Waals surface area (Å²) < 4.78 is 0. The van der Waals surface area contributed by atoms with E-state index in [1.807, 2.05) is 0 Å². The fraction of sp³-hybridized carbons (Fsp3) is 0.333. The molecule has 0 fully saturated rings. The molecule has 0 amide bonds. The van der Waals surface area contributed by atoms with Crippen LogP contribution in [0.15, 0.2) is 23.1 Å². The molecule has 5 heteroatoms. The first-order valence-electron chi connectivity index (χ1n) is 5.22. The van der Waals surface area contributed by atoms with Crippen LogP contribution in [0.25, 0.3) is 0 Å². The molecule has 0 radical (unpaired) electrons. The van der Waals surface area contributed by atoms with Crippen LogP contribution in [0, 0.1) is 0 Å². The Morgan fingerprint density at radius 2 is 1.94 bits per heavy atom. The standard InChI is InChI=1S/C12H13Cl3OS/c1-2-3-4-5-6-17-9-7-8(13)12(16)11(15)10(9)14/h3-4,7,16H,2,5-6H2,1H3. The minimum atomic E-state index is -0.159. The lowest BCUT2D eigenvalue weighted by Crippen LogP contribution is -1.82. The van der Waals surface area contributed by atoms with E-state index >= 15 is 0 Å². The molecular weight excluding hydrogens is 299 g/mol. The molecule has 0 saturated carbocycles. The van der Waals surface area contributed by atoms with Crippen molar-refractivity contribution in [2.75, 3.05) is 5.75 Å². The molecule has 1 nitrogen and oxygen atoms in total. The Balaban J connectivity index is 2.69. The highest BCUT2D eigenvalue weighted by molar-refractivity contribution is 7.99. The molecule has 0 unspecified atom stereocenters. The van der Waals surface area contributed by atoms with E-state index in [-0.39, 0.29) is 15.8 Å². The predicted molar refractivity (Wildman–Crippen MR) is 77.9 cm³/mol. The van der Waals surface area contributed by atoms with Gasteiger partial charge in [0.05, 0.1) is 10.0 Å². The molecule has 0 spiro atoms. The van der Waals surface area contributed by atoms with E-state index in [4.69, 9.17) is 34.8 Å². The molecule has 0 aliphatic heterocycles. The molecule has 0 aromatic heterocycles. The lowest BCUT2D eigenvalue weighted by molar-refractivity contribution is 0.475. The third-order valence-corrected chi connectivity index (χ3v) is 4.38. The van der Waals surface area contributed by atoms with E-state index in [0.29, 0.717) is 5.02 Å². The molecule has 0 aliphatic rings. The number of phenols is 1. The van der Waals surface area contributed by atoms with Gasteiger partial charge in [0.25, 0.3) is 0 Å². The summed E-state index contributed by atoms with van der Waals surface area (Å²) >= 11 is 19.3. The molecule has 1 rings (SSSR count). The zero-order valence-corrected chi connectivity index (χ0v) is 12.4. The number of benzene rings is 1. The Hall–Kier alpha value is -0.0200. The molecule has 1 aromatic carbocycles. The van der Waals surface area contributed by atoms with Crippen molar-refractivity contribution in [1.82, 2.24) is 0 Å². The maximum atomic E-state index is 9.48. The van der Waals surface area contributed by atoms with Crippen LogP contribution in [0.5, 0.6) is 5.75 Å². The number of hydrogen-bond donors (Lipinski definition) is 1. The molecule has 0 saturated heterocycles. The second kappa shape index (κ2) is 7.42. The summed E-state index contributed by atoms with van der Waals surface area (Å²) in [6.45, 7) is 2.10. The summed E-state index contributed by atoms with van der Waals surface area (Å²) in [6.07, 6.45) is 6.26. The molecule has 0 bridgehead atoms. The molecule has 1 N–H and O–H groups in total. The van der Waals surface area contributed by atoms with E-state index in [0.717, 1.165) is 23.5 Å². The van der Waals surface area contributed by atoms with Crippen LogP contribution in [0.2, 0.25) is 15.1 Å². The summed E-state index contributed by atoms with van der Waals surface area (Å²) in [5.41, 5.74) is 0. The molecule has 0 atom stereocenters. The Labute approximate surface area is 121 Å². The first-order valence-corrected chi connectivity index (χ1v) is 7.34. The van der Waals surface area contributed by atoms with Crippen LogP contribution in [0.1, 0.15) is 19.8 Å². The number of phenolic OH excluding ortho intramolecular Hbond substituents is 1. The Morgan fingerprint density at radius 1 is 1.24 bits per heavy atom. The van der Waals surface area contributed by atoms with Crippen molar-refractivity contribution in [3.8, 4) is 5.75 Å². The van der Waals surface area contributed by atoms with Gasteiger partial charge in [-0.05, 0) is 18.9 Å². The van der Waals surface area contributed by atoms with Crippen molar-refractivity contribution in [3.05, 3.63) is 33.3 Å². The van der Waals surface area contributed by atoms with E-state index in [1.165, 1.54) is 0 Å². The molecular formula is C12H13Cl3OS. The van der Waals surface area contributed by atoms with Crippen molar-refractivity contribution in [3.63, 3.8) is 0 Å². The zero-order chi connectivity index (χ0) is 12.8. The average Bonchev–Trinajstić information content (AvgIpc) is 2.32. The second-order valence-corrected chi connectivity index (χ2v) is 5.65. The Morgan fingerprint density at radius 3 is 2.59 bits per heavy atom. The van der Waals surface area contributed by atoms with Gasteiger partial charge in [0.1, 0.15) is 5.02 Å². The number of rotatable bonds is 5. The van der Waals surface area contributed by atoms with E-state index in [1.54, 1.807) is 17.8 Å². The quantitative estimate of drug-likeness (QED) is 0.321. The lowest BCUT2D eigenvalue weighted by Gasteiger charge is -2.08. The number of halogens is 3. The van der Waals surface area contributed by atoms with Crippen molar-refractivity contribution in [2.24, 2.45) is 0 Å². The van der Waals surface area contributed by atoms with Gasteiger partial charge >= 0.3 is 0 Å². The Bertz CT molecular complexity index is 419. The SMILES string of the molecule is CCC=CCCSc1cc(Cl)c(O)c(Cl)c1Cl. The third-order valence-electron chi connectivity index (χ3n) is 2.05. The first-order chi connectivity index (χ1) is 8.07. The smallest absolute Gasteiger partial charge is 0.154 e. The second-order valence-electron chi connectivity index (χ2n) is 3.35. The molecule has 0 aliphatic carbocycles. The van der Waals surface area contributed by atoms with Gasteiger partial charge in [-0.2, -0.15) is 0 Å². The van der Waals surface area contributed by atoms with E-state index < -0.39 is 0 Å². The van der Waals surface area contributed by atoms with Gasteiger partial charge in [0, 0.05) is 10.6 Å². The summed E-state index contributed by atoms with van der Waals surface area (Å²) in [6, 6.07) is 1.64. The minimum absolute atomic E-state index is 0.116. The topological polar surface area (TPSA) is 20.2 Å². The van der Waals surface area contributed by atoms with Gasteiger partial charge in [-0.25, -0.2) is 0 Å². The van der Waals surface area contributed by atoms with Gasteiger partial charge < -0.3 is 5.11 Å². The summed E-state index contributed by atoms with van der Waals surface area (Å²) in [7, 11) is 0. The number of aromatic hydroxyl groups is 1. The van der Waals surface area contributed by atoms with Crippen LogP contribution in [-0.2, 0) is 0 Å². The average molecular weight is 312 g/mol. The third kappa shape index (κ3) is 4.29. The largest absolute Gasteiger partial charge is 0.505 e. The monoisotopic (exact) mass is 310 g/mol. The fourth-order valence-electron chi connectivity index (χ4n) is 1.19. The summed E-state index contributed by atoms with van der Waals surface area (Å²) in [4.78, 5) is 0.796. The summed E-state index contributed by atoms with van der Waals surface area (Å²) in [5.74, 6) is 0.738. The molecule has 17 heavy (non-hydrogen) atoms.